The van der Waals surface area contributed by atoms with Crippen LogP contribution in [0.3, 0.4) is 0 Å². The number of carboxylic acid groups (broad SMARTS) is 2. The molecule has 0 aliphatic rings. The number of carbonyl (C=O) groups is 2. The topological polar surface area (TPSA) is 81.1 Å². The van der Waals surface area contributed by atoms with Gasteiger partial charge in [0.05, 0.1) is 0 Å². The first-order valence-corrected chi connectivity index (χ1v) is 7.64. The molecule has 0 spiro atoms. The van der Waals surface area contributed by atoms with Crippen LogP contribution in [0.5, 0.6) is 0 Å². The smallest absolute Gasteiger partial charge is 0.417 e. The maximum atomic E-state index is 12.6. The van der Waals surface area contributed by atoms with Crippen molar-refractivity contribution in [2.75, 3.05) is 19.6 Å². The van der Waals surface area contributed by atoms with Crippen molar-refractivity contribution < 1.29 is 59.3 Å². The average molecular weight is 436 g/mol. The maximum absolute atomic E-state index is 12.6. The summed E-state index contributed by atoms with van der Waals surface area (Å²) in [7, 11) is 0. The second-order valence-electron chi connectivity index (χ2n) is 5.70. The molecule has 166 valence electrons. The van der Waals surface area contributed by atoms with Crippen LogP contribution >= 0.6 is 0 Å². The largest absolute Gasteiger partial charge is 0.465 e. The van der Waals surface area contributed by atoms with E-state index >= 15 is 0 Å². The first-order valence-electron chi connectivity index (χ1n) is 7.64. The van der Waals surface area contributed by atoms with E-state index in [1.165, 1.54) is 0 Å². The Bertz CT molecular complexity index is 506. The van der Waals surface area contributed by atoms with Crippen LogP contribution in [0.1, 0.15) is 25.7 Å². The number of halogens is 9. The molecule has 0 unspecified atom stereocenters. The van der Waals surface area contributed by atoms with E-state index in [-0.39, 0.29) is 24.2 Å². The third-order valence-corrected chi connectivity index (χ3v) is 3.40. The highest BCUT2D eigenvalue weighted by Crippen LogP contribution is 2.37. The van der Waals surface area contributed by atoms with Gasteiger partial charge in [-0.05, 0) is 12.8 Å². The molecule has 0 atom stereocenters. The van der Waals surface area contributed by atoms with Crippen LogP contribution in [0.2, 0.25) is 0 Å². The maximum Gasteiger partial charge on any atom is 0.417 e. The predicted octanol–water partition coefficient (Wildman–Crippen LogP) is 4.56. The fraction of sp³-hybridized carbons (Fsp3) is 0.846. The lowest BCUT2D eigenvalue weighted by molar-refractivity contribution is -0.281. The summed E-state index contributed by atoms with van der Waals surface area (Å²) in [5, 5.41) is 17.3. The van der Waals surface area contributed by atoms with Crippen LogP contribution in [0.15, 0.2) is 0 Å². The molecule has 0 fully saturated rings. The standard InChI is InChI=1S/C13H17F9N2O4/c14-11(15,16)7-23(9(25)26)5-3-1-2-4-6-24(10(27)28)8(12(17,18)19)13(20,21)22/h8H,1-7H2,(H,25,26)(H,27,28). The molecule has 0 aromatic carbocycles. The number of alkyl halides is 9. The van der Waals surface area contributed by atoms with Gasteiger partial charge in [-0.2, -0.15) is 39.5 Å². The minimum absolute atomic E-state index is 0.0300. The molecule has 2 N–H and O–H groups in total. The van der Waals surface area contributed by atoms with E-state index < -0.39 is 67.7 Å². The predicted molar refractivity (Wildman–Crippen MR) is 74.7 cm³/mol. The molecule has 0 aliphatic carbocycles. The molecule has 0 saturated carbocycles. The van der Waals surface area contributed by atoms with Gasteiger partial charge in [0.15, 0.2) is 0 Å². The van der Waals surface area contributed by atoms with Gasteiger partial charge in [0.1, 0.15) is 6.54 Å². The van der Waals surface area contributed by atoms with Gasteiger partial charge in [0.2, 0.25) is 6.04 Å². The molecule has 0 aliphatic heterocycles. The summed E-state index contributed by atoms with van der Waals surface area (Å²) >= 11 is 0. The Morgan fingerprint density at radius 3 is 1.46 bits per heavy atom. The lowest BCUT2D eigenvalue weighted by Gasteiger charge is -2.32. The van der Waals surface area contributed by atoms with Crippen LogP contribution in [-0.2, 0) is 0 Å². The lowest BCUT2D eigenvalue weighted by atomic mass is 10.1. The summed E-state index contributed by atoms with van der Waals surface area (Å²) in [5.41, 5.74) is 0. The minimum Gasteiger partial charge on any atom is -0.465 e. The third-order valence-electron chi connectivity index (χ3n) is 3.40. The van der Waals surface area contributed by atoms with E-state index in [1.807, 2.05) is 0 Å². The molecule has 15 heteroatoms. The van der Waals surface area contributed by atoms with Crippen molar-refractivity contribution in [3.8, 4) is 0 Å². The molecule has 0 rings (SSSR count). The van der Waals surface area contributed by atoms with E-state index in [9.17, 15) is 49.1 Å². The summed E-state index contributed by atoms with van der Waals surface area (Å²) in [4.78, 5) is 20.7. The Hall–Kier alpha value is -2.09. The molecule has 0 heterocycles. The first-order chi connectivity index (χ1) is 12.5. The highest BCUT2D eigenvalue weighted by molar-refractivity contribution is 5.65. The molecular formula is C13H17F9N2O4. The SMILES string of the molecule is O=C(O)N(CCCCCCN(C(=O)O)C(C(F)(F)F)C(F)(F)F)CC(F)(F)F. The zero-order chi connectivity index (χ0) is 22.3. The molecule has 0 aromatic heterocycles. The summed E-state index contributed by atoms with van der Waals surface area (Å²) < 4.78 is 112. The van der Waals surface area contributed by atoms with Crippen molar-refractivity contribution in [2.24, 2.45) is 0 Å². The van der Waals surface area contributed by atoms with Crippen LogP contribution in [-0.4, -0.2) is 76.4 Å². The van der Waals surface area contributed by atoms with Gasteiger partial charge in [-0.15, -0.1) is 0 Å². The number of hydrogen-bond donors (Lipinski definition) is 2. The molecule has 6 nitrogen and oxygen atoms in total. The van der Waals surface area contributed by atoms with Crippen molar-refractivity contribution in [3.63, 3.8) is 0 Å². The van der Waals surface area contributed by atoms with E-state index in [0.717, 1.165) is 0 Å². The zero-order valence-corrected chi connectivity index (χ0v) is 14.0. The fourth-order valence-corrected chi connectivity index (χ4v) is 2.27. The second-order valence-corrected chi connectivity index (χ2v) is 5.70. The molecule has 0 radical (unpaired) electrons. The van der Waals surface area contributed by atoms with Gasteiger partial charge in [0.25, 0.3) is 0 Å². The summed E-state index contributed by atoms with van der Waals surface area (Å²) in [5.74, 6) is 0. The molecular weight excluding hydrogens is 419 g/mol. The van der Waals surface area contributed by atoms with E-state index in [4.69, 9.17) is 10.2 Å². The van der Waals surface area contributed by atoms with Crippen molar-refractivity contribution in [3.05, 3.63) is 0 Å². The van der Waals surface area contributed by atoms with E-state index in [2.05, 4.69) is 0 Å². The van der Waals surface area contributed by atoms with E-state index in [1.54, 1.807) is 0 Å². The summed E-state index contributed by atoms with van der Waals surface area (Å²) in [6, 6.07) is -4.20. The van der Waals surface area contributed by atoms with Gasteiger partial charge in [-0.25, -0.2) is 9.59 Å². The number of rotatable bonds is 9. The van der Waals surface area contributed by atoms with Crippen molar-refractivity contribution >= 4 is 12.2 Å². The number of unbranched alkanes of at least 4 members (excludes halogenated alkanes) is 3. The second kappa shape index (κ2) is 9.91. The third kappa shape index (κ3) is 9.73. The monoisotopic (exact) mass is 436 g/mol. The summed E-state index contributed by atoms with van der Waals surface area (Å²) in [6.45, 7) is -3.39. The average Bonchev–Trinajstić information content (AvgIpc) is 2.43. The Labute approximate surface area is 152 Å². The molecule has 0 bridgehead atoms. The number of hydrogen-bond acceptors (Lipinski definition) is 2. The fourth-order valence-electron chi connectivity index (χ4n) is 2.27. The lowest BCUT2D eigenvalue weighted by Crippen LogP contribution is -2.56. The van der Waals surface area contributed by atoms with Gasteiger partial charge in [0, 0.05) is 13.1 Å². The van der Waals surface area contributed by atoms with Crippen molar-refractivity contribution in [1.82, 2.24) is 9.80 Å². The van der Waals surface area contributed by atoms with Gasteiger partial charge >= 0.3 is 30.7 Å². The number of amides is 2. The normalized spacial score (nSPS) is 12.9. The van der Waals surface area contributed by atoms with Gasteiger partial charge in [-0.3, -0.25) is 9.80 Å². The Morgan fingerprint density at radius 1 is 0.714 bits per heavy atom. The van der Waals surface area contributed by atoms with Crippen LogP contribution in [0, 0.1) is 0 Å². The highest BCUT2D eigenvalue weighted by atomic mass is 19.4. The minimum atomic E-state index is -5.88. The first kappa shape index (κ1) is 25.9. The van der Waals surface area contributed by atoms with Gasteiger partial charge in [-0.1, -0.05) is 12.8 Å². The van der Waals surface area contributed by atoms with Crippen LogP contribution in [0.4, 0.5) is 49.1 Å². The molecule has 0 saturated heterocycles. The van der Waals surface area contributed by atoms with Crippen LogP contribution in [0.25, 0.3) is 0 Å². The Morgan fingerprint density at radius 2 is 1.14 bits per heavy atom. The highest BCUT2D eigenvalue weighted by Gasteiger charge is 2.61. The van der Waals surface area contributed by atoms with E-state index in [0.29, 0.717) is 0 Å². The van der Waals surface area contributed by atoms with Crippen molar-refractivity contribution in [1.29, 1.82) is 0 Å². The Kier molecular flexibility index (Phi) is 9.17. The van der Waals surface area contributed by atoms with Gasteiger partial charge < -0.3 is 10.2 Å². The summed E-state index contributed by atoms with van der Waals surface area (Å²) in [6.07, 6.45) is -21.5. The zero-order valence-electron chi connectivity index (χ0n) is 14.0. The molecule has 0 aromatic rings. The molecule has 28 heavy (non-hydrogen) atoms. The Balaban J connectivity index is 4.62. The van der Waals surface area contributed by atoms with Crippen molar-refractivity contribution in [2.45, 2.75) is 50.3 Å². The van der Waals surface area contributed by atoms with Crippen LogP contribution < -0.4 is 0 Å². The molecule has 2 amide bonds. The number of nitrogens with zero attached hydrogens (tertiary/aromatic N) is 2. The quantitative estimate of drug-likeness (QED) is 0.410.